The van der Waals surface area contributed by atoms with Crippen LogP contribution in [0.2, 0.25) is 0 Å². The number of amides is 1. The monoisotopic (exact) mass is 253 g/mol. The number of carbonyl (C=O) groups excluding carboxylic acids is 2. The minimum absolute atomic E-state index is 0.278. The topological polar surface area (TPSA) is 55.4 Å². The number of nitrogens with one attached hydrogen (secondary N) is 1. The minimum Gasteiger partial charge on any atom is -0.456 e. The summed E-state index contributed by atoms with van der Waals surface area (Å²) in [5.41, 5.74) is 0.782. The van der Waals surface area contributed by atoms with E-state index >= 15 is 0 Å². The maximum Gasteiger partial charge on any atom is 0.306 e. The van der Waals surface area contributed by atoms with Gasteiger partial charge in [-0.1, -0.05) is 19.1 Å². The molecule has 0 aliphatic heterocycles. The highest BCUT2D eigenvalue weighted by molar-refractivity contribution is 5.80. The van der Waals surface area contributed by atoms with E-state index in [0.29, 0.717) is 12.8 Å². The lowest BCUT2D eigenvalue weighted by Gasteiger charge is -2.06. The van der Waals surface area contributed by atoms with Gasteiger partial charge in [-0.25, -0.2) is 4.39 Å². The Hall–Kier alpha value is -1.91. The van der Waals surface area contributed by atoms with Crippen LogP contribution in [0.1, 0.15) is 25.3 Å². The van der Waals surface area contributed by atoms with Gasteiger partial charge in [-0.15, -0.1) is 0 Å². The first-order valence-electron chi connectivity index (χ1n) is 5.78. The molecule has 1 amide bonds. The van der Waals surface area contributed by atoms with Gasteiger partial charge >= 0.3 is 5.97 Å². The van der Waals surface area contributed by atoms with Crippen LogP contribution in [0.25, 0.3) is 0 Å². The Bertz CT molecular complexity index is 403. The number of benzene rings is 1. The van der Waals surface area contributed by atoms with Crippen LogP contribution >= 0.6 is 0 Å². The average Bonchev–Trinajstić information content (AvgIpc) is 2.36. The normalized spacial score (nSPS) is 9.89. The van der Waals surface area contributed by atoms with Crippen LogP contribution in [0.5, 0.6) is 0 Å². The predicted molar refractivity (Wildman–Crippen MR) is 64.1 cm³/mol. The molecule has 0 spiro atoms. The number of carbonyl (C=O) groups is 2. The summed E-state index contributed by atoms with van der Waals surface area (Å²) in [7, 11) is 0. The van der Waals surface area contributed by atoms with E-state index in [2.05, 4.69) is 5.32 Å². The fourth-order valence-corrected chi connectivity index (χ4v) is 1.28. The molecule has 0 fully saturated rings. The first-order chi connectivity index (χ1) is 8.61. The summed E-state index contributed by atoms with van der Waals surface area (Å²) in [5.74, 6) is -1.07. The summed E-state index contributed by atoms with van der Waals surface area (Å²) < 4.78 is 17.4. The Labute approximate surface area is 105 Å². The molecule has 5 heteroatoms. The lowest BCUT2D eigenvalue weighted by atomic mass is 10.2. The van der Waals surface area contributed by atoms with Gasteiger partial charge in [0.05, 0.1) is 0 Å². The lowest BCUT2D eigenvalue weighted by molar-refractivity contribution is -0.148. The zero-order valence-corrected chi connectivity index (χ0v) is 10.2. The molecule has 0 saturated carbocycles. The molecule has 4 nitrogen and oxygen atoms in total. The number of hydrogen-bond donors (Lipinski definition) is 1. The molecule has 0 bridgehead atoms. The third-order valence-corrected chi connectivity index (χ3v) is 2.22. The van der Waals surface area contributed by atoms with Crippen LogP contribution in [-0.2, 0) is 20.9 Å². The summed E-state index contributed by atoms with van der Waals surface area (Å²) in [5, 5.41) is 2.58. The van der Waals surface area contributed by atoms with Gasteiger partial charge in [0.1, 0.15) is 5.82 Å². The molecule has 1 aromatic carbocycles. The number of esters is 1. The molecule has 1 N–H and O–H groups in total. The van der Waals surface area contributed by atoms with Crippen LogP contribution in [0, 0.1) is 5.82 Å². The number of ether oxygens (including phenoxy) is 1. The van der Waals surface area contributed by atoms with Crippen LogP contribution < -0.4 is 5.32 Å². The molecular weight excluding hydrogens is 237 g/mol. The molecule has 0 aliphatic carbocycles. The molecule has 0 saturated heterocycles. The highest BCUT2D eigenvalue weighted by atomic mass is 19.1. The Morgan fingerprint density at radius 1 is 1.28 bits per heavy atom. The highest BCUT2D eigenvalue weighted by Gasteiger charge is 2.06. The third-order valence-electron chi connectivity index (χ3n) is 2.22. The van der Waals surface area contributed by atoms with E-state index in [4.69, 9.17) is 4.74 Å². The van der Waals surface area contributed by atoms with Gasteiger partial charge in [0.15, 0.2) is 6.61 Å². The van der Waals surface area contributed by atoms with Gasteiger partial charge in [0.2, 0.25) is 0 Å². The SMILES string of the molecule is CCCC(=O)OCC(=O)NCc1ccc(F)cc1. The van der Waals surface area contributed by atoms with Crippen molar-refractivity contribution in [3.8, 4) is 0 Å². The van der Waals surface area contributed by atoms with Crippen LogP contribution in [0.15, 0.2) is 24.3 Å². The Morgan fingerprint density at radius 3 is 2.56 bits per heavy atom. The molecular formula is C13H16FNO3. The molecule has 18 heavy (non-hydrogen) atoms. The molecule has 0 atom stereocenters. The van der Waals surface area contributed by atoms with Crippen LogP contribution in [0.4, 0.5) is 4.39 Å². The van der Waals surface area contributed by atoms with Crippen LogP contribution in [0.3, 0.4) is 0 Å². The second-order valence-electron chi connectivity index (χ2n) is 3.81. The van der Waals surface area contributed by atoms with Crippen molar-refractivity contribution in [1.82, 2.24) is 5.32 Å². The average molecular weight is 253 g/mol. The van der Waals surface area contributed by atoms with Crippen molar-refractivity contribution in [1.29, 1.82) is 0 Å². The van der Waals surface area contributed by atoms with E-state index < -0.39 is 0 Å². The van der Waals surface area contributed by atoms with Crippen molar-refractivity contribution in [3.05, 3.63) is 35.6 Å². The first kappa shape index (κ1) is 14.2. The predicted octanol–water partition coefficient (Wildman–Crippen LogP) is 1.79. The number of hydrogen-bond acceptors (Lipinski definition) is 3. The lowest BCUT2D eigenvalue weighted by Crippen LogP contribution is -2.28. The summed E-state index contributed by atoms with van der Waals surface area (Å²) in [6.07, 6.45) is 1.00. The smallest absolute Gasteiger partial charge is 0.306 e. The van der Waals surface area contributed by atoms with E-state index in [1.807, 2.05) is 6.92 Å². The Balaban J connectivity index is 2.24. The largest absolute Gasteiger partial charge is 0.456 e. The maximum absolute atomic E-state index is 12.6. The summed E-state index contributed by atoms with van der Waals surface area (Å²) in [6.45, 7) is 1.86. The van der Waals surface area contributed by atoms with Gasteiger partial charge in [-0.3, -0.25) is 9.59 Å². The van der Waals surface area contributed by atoms with E-state index in [0.717, 1.165) is 5.56 Å². The zero-order chi connectivity index (χ0) is 13.4. The van der Waals surface area contributed by atoms with Crippen LogP contribution in [-0.4, -0.2) is 18.5 Å². The Kier molecular flexibility index (Phi) is 5.84. The quantitative estimate of drug-likeness (QED) is 0.786. The van der Waals surface area contributed by atoms with Gasteiger partial charge in [0, 0.05) is 13.0 Å². The second kappa shape index (κ2) is 7.42. The highest BCUT2D eigenvalue weighted by Crippen LogP contribution is 2.01. The number of halogens is 1. The molecule has 1 rings (SSSR count). The number of rotatable bonds is 6. The molecule has 0 heterocycles. The van der Waals surface area contributed by atoms with Crippen molar-refractivity contribution >= 4 is 11.9 Å². The van der Waals surface area contributed by atoms with Gasteiger partial charge in [-0.2, -0.15) is 0 Å². The van der Waals surface area contributed by atoms with E-state index in [9.17, 15) is 14.0 Å². The van der Waals surface area contributed by atoms with Crippen molar-refractivity contribution < 1.29 is 18.7 Å². The van der Waals surface area contributed by atoms with Crippen molar-refractivity contribution in [3.63, 3.8) is 0 Å². The minimum atomic E-state index is -0.380. The molecule has 1 aromatic rings. The van der Waals surface area contributed by atoms with Crippen molar-refractivity contribution in [2.24, 2.45) is 0 Å². The van der Waals surface area contributed by atoms with Gasteiger partial charge in [0.25, 0.3) is 5.91 Å². The molecule has 0 unspecified atom stereocenters. The molecule has 0 radical (unpaired) electrons. The maximum atomic E-state index is 12.6. The Morgan fingerprint density at radius 2 is 1.94 bits per heavy atom. The molecule has 0 aliphatic rings. The third kappa shape index (κ3) is 5.43. The molecule has 98 valence electrons. The fourth-order valence-electron chi connectivity index (χ4n) is 1.28. The standard InChI is InChI=1S/C13H16FNO3/c1-2-3-13(17)18-9-12(16)15-8-10-4-6-11(14)7-5-10/h4-7H,2-3,8-9H2,1H3,(H,15,16). The fraction of sp³-hybridized carbons (Fsp3) is 0.385. The summed E-state index contributed by atoms with van der Waals surface area (Å²) in [6, 6.07) is 5.81. The van der Waals surface area contributed by atoms with E-state index in [1.54, 1.807) is 12.1 Å². The van der Waals surface area contributed by atoms with E-state index in [-0.39, 0.29) is 30.8 Å². The second-order valence-corrected chi connectivity index (χ2v) is 3.81. The van der Waals surface area contributed by atoms with Gasteiger partial charge < -0.3 is 10.1 Å². The van der Waals surface area contributed by atoms with Crippen molar-refractivity contribution in [2.45, 2.75) is 26.3 Å². The van der Waals surface area contributed by atoms with Gasteiger partial charge in [-0.05, 0) is 24.1 Å². The first-order valence-corrected chi connectivity index (χ1v) is 5.78. The van der Waals surface area contributed by atoms with Crippen molar-refractivity contribution in [2.75, 3.05) is 6.61 Å². The zero-order valence-electron chi connectivity index (χ0n) is 10.2. The molecule has 0 aromatic heterocycles. The van der Waals surface area contributed by atoms with E-state index in [1.165, 1.54) is 12.1 Å². The summed E-state index contributed by atoms with van der Waals surface area (Å²) >= 11 is 0. The summed E-state index contributed by atoms with van der Waals surface area (Å²) in [4.78, 5) is 22.3.